The fourth-order valence-electron chi connectivity index (χ4n) is 5.51. The van der Waals surface area contributed by atoms with Crippen LogP contribution in [0, 0.1) is 0 Å². The van der Waals surface area contributed by atoms with Crippen molar-refractivity contribution in [1.82, 2.24) is 34.1 Å². The number of nitrogens with zero attached hydrogens (tertiary/aromatic N) is 6. The summed E-state index contributed by atoms with van der Waals surface area (Å²) in [5.41, 5.74) is 11.5. The van der Waals surface area contributed by atoms with Gasteiger partial charge in [0.1, 0.15) is 48.5 Å². The Morgan fingerprint density at radius 3 is 2.37 bits per heavy atom. The molecule has 4 unspecified atom stereocenters. The number of aliphatic hydroxyl groups excluding tert-OH is 2. The summed E-state index contributed by atoms with van der Waals surface area (Å²) in [6.45, 7) is -1.47. The molecule has 3 aliphatic rings. The quantitative estimate of drug-likeness (QED) is 0.116. The van der Waals surface area contributed by atoms with Crippen LogP contribution in [0.15, 0.2) is 29.7 Å². The van der Waals surface area contributed by atoms with Crippen molar-refractivity contribution in [1.29, 1.82) is 0 Å². The second-order valence-corrected chi connectivity index (χ2v) is 13.8. The van der Waals surface area contributed by atoms with Crippen LogP contribution in [0.25, 0.3) is 22.3 Å². The molecule has 46 heavy (non-hydrogen) atoms. The number of ether oxygens (including phenoxy) is 3. The molecule has 7 rings (SSSR count). The van der Waals surface area contributed by atoms with Gasteiger partial charge in [-0.2, -0.15) is 4.98 Å². The van der Waals surface area contributed by atoms with Gasteiger partial charge in [0.2, 0.25) is 5.95 Å². The number of nitrogen functional groups attached to an aromatic ring is 2. The lowest BCUT2D eigenvalue weighted by molar-refractivity contribution is -0.0633. The SMILES string of the molecule is Nc1nc2c(ncn2[C@@H]2O[C@@H]3COP(=O)(O)COC4[C@@H](COP(=O)(O)O[C@H]2C3O)O[C@@H](n2cnc3c(N)ccnc32)[C@H]4O)c(=O)[nH]1. The van der Waals surface area contributed by atoms with Crippen molar-refractivity contribution >= 4 is 49.4 Å². The predicted molar refractivity (Wildman–Crippen MR) is 151 cm³/mol. The van der Waals surface area contributed by atoms with Crippen molar-refractivity contribution in [3.05, 3.63) is 35.3 Å². The molecule has 0 amide bonds. The Kier molecular flexibility index (Phi) is 7.74. The number of nitrogens with one attached hydrogen (secondary N) is 1. The van der Waals surface area contributed by atoms with E-state index < -0.39 is 89.6 Å². The van der Waals surface area contributed by atoms with Gasteiger partial charge in [0.25, 0.3) is 5.56 Å². The van der Waals surface area contributed by atoms with Crippen LogP contribution in [0.5, 0.6) is 0 Å². The number of imidazole rings is 2. The number of hydrogen-bond acceptors (Lipinski definition) is 17. The summed E-state index contributed by atoms with van der Waals surface area (Å²) in [7, 11) is -9.67. The third-order valence-electron chi connectivity index (χ3n) is 7.64. The number of fused-ring (bicyclic) bond motifs is 5. The molecule has 3 fully saturated rings. The Morgan fingerprint density at radius 1 is 0.891 bits per heavy atom. The standard InChI is InChI=1S/C22H27N9O13P2/c23-8-1-2-25-17-11(8)26-5-30(17)20-14(33)15-10(43-20)4-41-46(37,38)44-16-13(32)9(3-40-45(35,36)7-39-15)42-21(16)31-6-27-12-18(31)28-22(24)29-19(12)34/h1-2,5-6,9-10,13-16,20-21,32-33H,3-4,7H2,(H2,23,25)(H,35,36)(H,37,38)(H3,24,28,29,34)/t9-,10-,13?,14+,15?,16+,20-,21-/m1/s1. The van der Waals surface area contributed by atoms with Crippen LogP contribution in [-0.4, -0.2) is 110 Å². The largest absolute Gasteiger partial charge is 0.472 e. The second-order valence-electron chi connectivity index (χ2n) is 10.6. The van der Waals surface area contributed by atoms with E-state index in [9.17, 15) is 33.9 Å². The summed E-state index contributed by atoms with van der Waals surface area (Å²) in [6, 6.07) is 1.53. The zero-order valence-corrected chi connectivity index (χ0v) is 25.0. The Labute approximate surface area is 255 Å². The van der Waals surface area contributed by atoms with Gasteiger partial charge < -0.3 is 50.2 Å². The summed E-state index contributed by atoms with van der Waals surface area (Å²) in [4.78, 5) is 52.3. The van der Waals surface area contributed by atoms with Gasteiger partial charge >= 0.3 is 15.4 Å². The van der Waals surface area contributed by atoms with Crippen LogP contribution in [0.1, 0.15) is 12.5 Å². The highest BCUT2D eigenvalue weighted by Gasteiger charge is 2.52. The molecular weight excluding hydrogens is 660 g/mol. The van der Waals surface area contributed by atoms with Gasteiger partial charge in [0.15, 0.2) is 29.3 Å². The normalized spacial score (nSPS) is 37.4. The molecule has 0 aliphatic carbocycles. The van der Waals surface area contributed by atoms with Crippen molar-refractivity contribution < 1.29 is 56.9 Å². The predicted octanol–water partition coefficient (Wildman–Crippen LogP) is -1.69. The number of nitrogens with two attached hydrogens (primary N) is 2. The van der Waals surface area contributed by atoms with Crippen LogP contribution < -0.4 is 17.0 Å². The number of pyridine rings is 1. The van der Waals surface area contributed by atoms with Crippen LogP contribution in [0.3, 0.4) is 0 Å². The molecule has 248 valence electrons. The molecule has 22 nitrogen and oxygen atoms in total. The van der Waals surface area contributed by atoms with Gasteiger partial charge in [-0.05, 0) is 6.07 Å². The van der Waals surface area contributed by atoms with Crippen molar-refractivity contribution in [2.75, 3.05) is 31.0 Å². The number of aromatic nitrogens is 7. The first-order valence-electron chi connectivity index (χ1n) is 13.5. The Balaban J connectivity index is 1.20. The zero-order valence-electron chi connectivity index (χ0n) is 23.2. The third kappa shape index (κ3) is 5.51. The lowest BCUT2D eigenvalue weighted by Crippen LogP contribution is -2.38. The smallest absolute Gasteiger partial charge is 0.397 e. The van der Waals surface area contributed by atoms with Gasteiger partial charge in [-0.1, -0.05) is 0 Å². The van der Waals surface area contributed by atoms with E-state index in [1.165, 1.54) is 23.2 Å². The molecular formula is C22H27N9O13P2. The number of hydrogen-bond donors (Lipinski definition) is 7. The zero-order chi connectivity index (χ0) is 32.5. The molecule has 24 heteroatoms. The lowest BCUT2D eigenvalue weighted by Gasteiger charge is -2.26. The van der Waals surface area contributed by atoms with Crippen molar-refractivity contribution in [2.45, 2.75) is 49.1 Å². The van der Waals surface area contributed by atoms with Crippen molar-refractivity contribution in [3.63, 3.8) is 0 Å². The van der Waals surface area contributed by atoms with Gasteiger partial charge in [0, 0.05) is 6.20 Å². The molecule has 0 aromatic carbocycles. The number of aromatic amines is 1. The van der Waals surface area contributed by atoms with E-state index in [0.717, 1.165) is 10.9 Å². The second kappa shape index (κ2) is 11.4. The van der Waals surface area contributed by atoms with E-state index >= 15 is 0 Å². The number of aliphatic hydroxyl groups is 2. The Bertz CT molecular complexity index is 1950. The van der Waals surface area contributed by atoms with E-state index in [2.05, 4.69) is 24.9 Å². The fraction of sp³-hybridized carbons (Fsp3) is 0.500. The highest BCUT2D eigenvalue weighted by Crippen LogP contribution is 2.52. The number of rotatable bonds is 2. The summed E-state index contributed by atoms with van der Waals surface area (Å²) in [5.74, 6) is -0.277. The van der Waals surface area contributed by atoms with Crippen LogP contribution >= 0.6 is 15.4 Å². The van der Waals surface area contributed by atoms with Gasteiger partial charge in [-0.3, -0.25) is 32.5 Å². The lowest BCUT2D eigenvalue weighted by atomic mass is 10.1. The Morgan fingerprint density at radius 2 is 1.59 bits per heavy atom. The van der Waals surface area contributed by atoms with E-state index in [4.69, 9.17) is 39.2 Å². The van der Waals surface area contributed by atoms with Crippen molar-refractivity contribution in [3.8, 4) is 0 Å². The minimum atomic E-state index is -5.08. The molecule has 9 N–H and O–H groups in total. The molecule has 4 aromatic heterocycles. The molecule has 3 saturated heterocycles. The van der Waals surface area contributed by atoms with E-state index in [1.54, 1.807) is 0 Å². The molecule has 3 aliphatic heterocycles. The van der Waals surface area contributed by atoms with E-state index in [-0.39, 0.29) is 22.8 Å². The van der Waals surface area contributed by atoms with Crippen LogP contribution in [0.2, 0.25) is 0 Å². The first-order valence-corrected chi connectivity index (χ1v) is 16.8. The number of phosphoric ester groups is 1. The maximum atomic E-state index is 13.3. The number of phosphoric acid groups is 1. The van der Waals surface area contributed by atoms with Crippen LogP contribution in [0.4, 0.5) is 11.6 Å². The van der Waals surface area contributed by atoms with Crippen LogP contribution in [-0.2, 0) is 36.9 Å². The number of H-pyrrole nitrogens is 1. The third-order valence-corrected chi connectivity index (χ3v) is 9.65. The maximum absolute atomic E-state index is 13.3. The average Bonchev–Trinajstić information content (AvgIpc) is 3.75. The topological polar surface area (TPSA) is 317 Å². The maximum Gasteiger partial charge on any atom is 0.472 e. The summed E-state index contributed by atoms with van der Waals surface area (Å²) >= 11 is 0. The Hall–Kier alpha value is -3.37. The molecule has 2 bridgehead atoms. The molecule has 0 radical (unpaired) electrons. The van der Waals surface area contributed by atoms with Gasteiger partial charge in [-0.25, -0.2) is 19.5 Å². The fourth-order valence-corrected chi connectivity index (χ4v) is 7.26. The van der Waals surface area contributed by atoms with Crippen molar-refractivity contribution in [2.24, 2.45) is 0 Å². The monoisotopic (exact) mass is 687 g/mol. The van der Waals surface area contributed by atoms with Gasteiger partial charge in [-0.15, -0.1) is 0 Å². The summed E-state index contributed by atoms with van der Waals surface area (Å²) < 4.78 is 61.8. The highest BCUT2D eigenvalue weighted by atomic mass is 31.2. The minimum Gasteiger partial charge on any atom is -0.397 e. The summed E-state index contributed by atoms with van der Waals surface area (Å²) in [5, 5.41) is 22.3. The molecule has 0 spiro atoms. The highest BCUT2D eigenvalue weighted by molar-refractivity contribution is 7.52. The molecule has 4 aromatic rings. The molecule has 0 saturated carbocycles. The molecule has 7 heterocycles. The van der Waals surface area contributed by atoms with E-state index in [1.807, 2.05) is 0 Å². The average molecular weight is 687 g/mol. The minimum absolute atomic E-state index is 0.119. The first kappa shape index (κ1) is 31.2. The molecule has 10 atom stereocenters. The summed E-state index contributed by atoms with van der Waals surface area (Å²) in [6.07, 6.45) is -8.98. The van der Waals surface area contributed by atoms with Gasteiger partial charge in [0.05, 0.1) is 31.6 Å². The first-order chi connectivity index (χ1) is 21.8. The van der Waals surface area contributed by atoms with E-state index in [0.29, 0.717) is 11.2 Å². The number of anilines is 2.